The summed E-state index contributed by atoms with van der Waals surface area (Å²) in [6.45, 7) is 3.82. The fourth-order valence-electron chi connectivity index (χ4n) is 5.16. The van der Waals surface area contributed by atoms with Crippen LogP contribution in [0.2, 0.25) is 0 Å². The molecular weight excluding hydrogens is 450 g/mol. The molecule has 0 bridgehead atoms. The van der Waals surface area contributed by atoms with Crippen molar-refractivity contribution in [2.45, 2.75) is 19.5 Å². The molecule has 2 heterocycles. The maximum Gasteiger partial charge on any atom is 0.417 e. The predicted molar refractivity (Wildman–Crippen MR) is 118 cm³/mol. The molecule has 2 aliphatic rings. The summed E-state index contributed by atoms with van der Waals surface area (Å²) in [4.78, 5) is 16.6. The lowest BCUT2D eigenvalue weighted by Crippen LogP contribution is -2.50. The van der Waals surface area contributed by atoms with Crippen molar-refractivity contribution >= 4 is 11.6 Å². The Morgan fingerprint density at radius 2 is 2.00 bits per heavy atom. The number of piperidine rings is 1. The Kier molecular flexibility index (Phi) is 6.30. The highest BCUT2D eigenvalue weighted by molar-refractivity contribution is 5.94. The number of anilines is 1. The molecule has 0 aromatic heterocycles. The number of methoxy groups -OCH3 is 1. The third-order valence-corrected chi connectivity index (χ3v) is 7.06. The fourth-order valence-corrected chi connectivity index (χ4v) is 5.16. The SMILES string of the molecule is COCC12CCN(C(=O)c3ccc(C)c(F)c3)CC1CN(c1ccc(C#N)c(C(F)(F)F)c1)C2. The van der Waals surface area contributed by atoms with Gasteiger partial charge < -0.3 is 14.5 Å². The fraction of sp³-hybridized carbons (Fsp3) is 0.440. The van der Waals surface area contributed by atoms with Crippen LogP contribution in [0.4, 0.5) is 23.2 Å². The van der Waals surface area contributed by atoms with Crippen molar-refractivity contribution in [3.63, 3.8) is 0 Å². The third kappa shape index (κ3) is 4.34. The molecule has 1 amide bonds. The molecule has 180 valence electrons. The van der Waals surface area contributed by atoms with Crippen LogP contribution in [0, 0.1) is 35.4 Å². The molecule has 9 heteroatoms. The van der Waals surface area contributed by atoms with Gasteiger partial charge in [-0.25, -0.2) is 4.39 Å². The van der Waals surface area contributed by atoms with Crippen molar-refractivity contribution < 1.29 is 27.1 Å². The van der Waals surface area contributed by atoms with Gasteiger partial charge >= 0.3 is 6.18 Å². The number of likely N-dealkylation sites (tertiary alicyclic amines) is 1. The Labute approximate surface area is 195 Å². The van der Waals surface area contributed by atoms with E-state index >= 15 is 0 Å². The average molecular weight is 475 g/mol. The summed E-state index contributed by atoms with van der Waals surface area (Å²) in [7, 11) is 1.59. The lowest BCUT2D eigenvalue weighted by molar-refractivity contribution is -0.137. The summed E-state index contributed by atoms with van der Waals surface area (Å²) >= 11 is 0. The van der Waals surface area contributed by atoms with Crippen LogP contribution in [0.3, 0.4) is 0 Å². The Balaban J connectivity index is 1.59. The Bertz CT molecular complexity index is 1140. The molecule has 0 N–H and O–H groups in total. The molecule has 4 rings (SSSR count). The van der Waals surface area contributed by atoms with E-state index in [1.807, 2.05) is 4.90 Å². The van der Waals surface area contributed by atoms with E-state index in [1.165, 1.54) is 18.2 Å². The summed E-state index contributed by atoms with van der Waals surface area (Å²) in [6, 6.07) is 9.78. The Morgan fingerprint density at radius 3 is 2.65 bits per heavy atom. The van der Waals surface area contributed by atoms with Crippen molar-refractivity contribution in [1.82, 2.24) is 4.90 Å². The first-order chi connectivity index (χ1) is 16.1. The number of hydrogen-bond acceptors (Lipinski definition) is 4. The first-order valence-electron chi connectivity index (χ1n) is 11.0. The number of carbonyl (C=O) groups is 1. The standard InChI is InChI=1S/C25H25F4N3O2/c1-16-3-4-17(9-22(16)26)23(33)31-8-7-24(15-34-2)14-32(13-19(24)12-31)20-6-5-18(11-30)21(10-20)25(27,28)29/h3-6,9-10,19H,7-8,12-15H2,1-2H3. The zero-order valence-corrected chi connectivity index (χ0v) is 19.0. The maximum atomic E-state index is 14.0. The summed E-state index contributed by atoms with van der Waals surface area (Å²) in [5, 5.41) is 9.08. The third-order valence-electron chi connectivity index (χ3n) is 7.06. The van der Waals surface area contributed by atoms with Crippen LogP contribution in [0.1, 0.15) is 33.5 Å². The molecule has 34 heavy (non-hydrogen) atoms. The zero-order chi connectivity index (χ0) is 24.7. The normalized spacial score (nSPS) is 22.4. The molecule has 2 saturated heterocycles. The number of alkyl halides is 3. The highest BCUT2D eigenvalue weighted by atomic mass is 19.4. The van der Waals surface area contributed by atoms with Gasteiger partial charge in [0, 0.05) is 55.9 Å². The monoisotopic (exact) mass is 475 g/mol. The van der Waals surface area contributed by atoms with Gasteiger partial charge in [0.25, 0.3) is 5.91 Å². The topological polar surface area (TPSA) is 56.6 Å². The summed E-state index contributed by atoms with van der Waals surface area (Å²) in [5.41, 5.74) is -0.575. The highest BCUT2D eigenvalue weighted by Crippen LogP contribution is 2.45. The maximum absolute atomic E-state index is 14.0. The van der Waals surface area contributed by atoms with Gasteiger partial charge in [-0.3, -0.25) is 4.79 Å². The number of amides is 1. The number of fused-ring (bicyclic) bond motifs is 1. The van der Waals surface area contributed by atoms with Gasteiger partial charge in [-0.05, 0) is 49.2 Å². The smallest absolute Gasteiger partial charge is 0.384 e. The predicted octanol–water partition coefficient (Wildman–Crippen LogP) is 4.64. The van der Waals surface area contributed by atoms with E-state index in [1.54, 1.807) is 37.1 Å². The number of benzene rings is 2. The van der Waals surface area contributed by atoms with Crippen LogP contribution < -0.4 is 4.90 Å². The highest BCUT2D eigenvalue weighted by Gasteiger charge is 2.50. The van der Waals surface area contributed by atoms with E-state index in [0.717, 1.165) is 6.07 Å². The first kappa shape index (κ1) is 24.0. The number of aryl methyl sites for hydroxylation is 1. The lowest BCUT2D eigenvalue weighted by atomic mass is 9.73. The van der Waals surface area contributed by atoms with Crippen molar-refractivity contribution in [2.75, 3.05) is 44.8 Å². The van der Waals surface area contributed by atoms with E-state index in [0.29, 0.717) is 50.5 Å². The molecule has 2 aliphatic heterocycles. The zero-order valence-electron chi connectivity index (χ0n) is 19.0. The van der Waals surface area contributed by atoms with Gasteiger partial charge in [0.2, 0.25) is 0 Å². The molecule has 0 spiro atoms. The van der Waals surface area contributed by atoms with E-state index in [2.05, 4.69) is 0 Å². The van der Waals surface area contributed by atoms with Crippen LogP contribution in [-0.4, -0.2) is 50.7 Å². The largest absolute Gasteiger partial charge is 0.417 e. The number of hydrogen-bond donors (Lipinski definition) is 0. The minimum atomic E-state index is -4.63. The van der Waals surface area contributed by atoms with Crippen LogP contribution in [0.25, 0.3) is 0 Å². The van der Waals surface area contributed by atoms with Crippen molar-refractivity contribution in [3.8, 4) is 6.07 Å². The molecule has 0 aliphatic carbocycles. The van der Waals surface area contributed by atoms with Gasteiger partial charge in [-0.1, -0.05) is 6.07 Å². The molecule has 2 aromatic rings. The average Bonchev–Trinajstić information content (AvgIpc) is 3.18. The van der Waals surface area contributed by atoms with Gasteiger partial charge in [0.1, 0.15) is 5.82 Å². The number of halogens is 4. The minimum absolute atomic E-state index is 0.0366. The number of carbonyl (C=O) groups excluding carboxylic acids is 1. The van der Waals surface area contributed by atoms with E-state index in [-0.39, 0.29) is 22.8 Å². The second-order valence-electron chi connectivity index (χ2n) is 9.18. The molecular formula is C25H25F4N3O2. The van der Waals surface area contributed by atoms with Crippen LogP contribution in [0.5, 0.6) is 0 Å². The number of nitrogens with zero attached hydrogens (tertiary/aromatic N) is 3. The molecule has 0 saturated carbocycles. The molecule has 2 fully saturated rings. The van der Waals surface area contributed by atoms with Gasteiger partial charge in [-0.15, -0.1) is 0 Å². The molecule has 2 atom stereocenters. The molecule has 5 nitrogen and oxygen atoms in total. The van der Waals surface area contributed by atoms with Crippen molar-refractivity contribution in [1.29, 1.82) is 5.26 Å². The van der Waals surface area contributed by atoms with E-state index in [4.69, 9.17) is 10.00 Å². The van der Waals surface area contributed by atoms with Gasteiger partial charge in [0.05, 0.1) is 23.8 Å². The van der Waals surface area contributed by atoms with E-state index < -0.39 is 23.1 Å². The van der Waals surface area contributed by atoms with Crippen LogP contribution >= 0.6 is 0 Å². The quantitative estimate of drug-likeness (QED) is 0.605. The number of nitriles is 1. The summed E-state index contributed by atoms with van der Waals surface area (Å²) < 4.78 is 60.0. The Hall–Kier alpha value is -3.12. The number of rotatable bonds is 4. The van der Waals surface area contributed by atoms with E-state index in [9.17, 15) is 22.4 Å². The first-order valence-corrected chi connectivity index (χ1v) is 11.0. The van der Waals surface area contributed by atoms with Gasteiger partial charge in [-0.2, -0.15) is 18.4 Å². The van der Waals surface area contributed by atoms with Crippen LogP contribution in [0.15, 0.2) is 36.4 Å². The van der Waals surface area contributed by atoms with Crippen LogP contribution in [-0.2, 0) is 10.9 Å². The summed E-state index contributed by atoms with van der Waals surface area (Å²) in [6.07, 6.45) is -4.02. The second kappa shape index (κ2) is 8.91. The molecule has 2 unspecified atom stereocenters. The molecule has 2 aromatic carbocycles. The lowest BCUT2D eigenvalue weighted by Gasteiger charge is -2.43. The second-order valence-corrected chi connectivity index (χ2v) is 9.18. The van der Waals surface area contributed by atoms with Gasteiger partial charge in [0.15, 0.2) is 0 Å². The van der Waals surface area contributed by atoms with Crippen molar-refractivity contribution in [3.05, 3.63) is 64.5 Å². The Morgan fingerprint density at radius 1 is 1.24 bits per heavy atom. The number of ether oxygens (including phenoxy) is 1. The minimum Gasteiger partial charge on any atom is -0.384 e. The van der Waals surface area contributed by atoms with Crippen molar-refractivity contribution in [2.24, 2.45) is 11.3 Å². The molecule has 0 radical (unpaired) electrons. The summed E-state index contributed by atoms with van der Waals surface area (Å²) in [5.74, 6) is -0.739.